The predicted molar refractivity (Wildman–Crippen MR) is 88.7 cm³/mol. The topological polar surface area (TPSA) is 54.1 Å². The number of aromatic nitrogens is 1. The number of esters is 1. The van der Waals surface area contributed by atoms with Crippen molar-refractivity contribution in [3.05, 3.63) is 60.3 Å². The zero-order chi connectivity index (χ0) is 14.7. The molecule has 3 rings (SSSR count). The van der Waals surface area contributed by atoms with Gasteiger partial charge in [-0.2, -0.15) is 0 Å². The number of benzene rings is 1. The number of carbonyl (C=O) groups excluding carboxylic acids is 1. The van der Waals surface area contributed by atoms with Crippen LogP contribution in [0.1, 0.15) is 40.4 Å². The van der Waals surface area contributed by atoms with Crippen LogP contribution in [0.2, 0.25) is 0 Å². The number of hydrogen-bond donors (Lipinski definition) is 2. The van der Waals surface area contributed by atoms with Gasteiger partial charge < -0.3 is 15.0 Å². The molecule has 22 heavy (non-hydrogen) atoms. The SMILES string of the molecule is Cl.[CH2]c1cccc(OC(=O)c2[nH]ccc2C2CCNCC2)c1. The van der Waals surface area contributed by atoms with Crippen LogP contribution in [0.3, 0.4) is 0 Å². The summed E-state index contributed by atoms with van der Waals surface area (Å²) >= 11 is 0. The van der Waals surface area contributed by atoms with Crippen molar-refractivity contribution in [2.75, 3.05) is 13.1 Å². The Hall–Kier alpha value is -1.78. The number of aromatic amines is 1. The molecule has 0 bridgehead atoms. The zero-order valence-electron chi connectivity index (χ0n) is 12.3. The van der Waals surface area contributed by atoms with Crippen molar-refractivity contribution >= 4 is 18.4 Å². The van der Waals surface area contributed by atoms with E-state index < -0.39 is 0 Å². The highest BCUT2D eigenvalue weighted by Gasteiger charge is 2.23. The monoisotopic (exact) mass is 319 g/mol. The molecule has 1 fully saturated rings. The molecule has 1 saturated heterocycles. The van der Waals surface area contributed by atoms with Crippen molar-refractivity contribution in [3.63, 3.8) is 0 Å². The minimum Gasteiger partial charge on any atom is -0.422 e. The molecule has 0 saturated carbocycles. The molecule has 1 aromatic carbocycles. The standard InChI is InChI=1S/C17H19N2O2.ClH/c1-12-3-2-4-14(11-12)21-17(20)16-15(7-10-19-16)13-5-8-18-9-6-13;/h2-4,7,10-11,13,18-19H,1,5-6,8-9H2;1H. The van der Waals surface area contributed by atoms with E-state index in [4.69, 9.17) is 4.74 Å². The third kappa shape index (κ3) is 3.70. The first kappa shape index (κ1) is 16.6. The number of ether oxygens (including phenoxy) is 1. The van der Waals surface area contributed by atoms with Gasteiger partial charge in [-0.3, -0.25) is 0 Å². The summed E-state index contributed by atoms with van der Waals surface area (Å²) in [6.07, 6.45) is 3.91. The third-order valence-electron chi connectivity index (χ3n) is 3.87. The molecule has 0 aliphatic carbocycles. The van der Waals surface area contributed by atoms with Gasteiger partial charge in [0.05, 0.1) is 0 Å². The van der Waals surface area contributed by atoms with Gasteiger partial charge >= 0.3 is 5.97 Å². The average Bonchev–Trinajstić information content (AvgIpc) is 2.98. The van der Waals surface area contributed by atoms with Crippen LogP contribution in [0.4, 0.5) is 0 Å². The molecule has 2 heterocycles. The first-order valence-electron chi connectivity index (χ1n) is 7.26. The Bertz CT molecular complexity index is 633. The molecule has 4 nitrogen and oxygen atoms in total. The van der Waals surface area contributed by atoms with E-state index in [9.17, 15) is 4.79 Å². The Morgan fingerprint density at radius 1 is 1.23 bits per heavy atom. The van der Waals surface area contributed by atoms with Gasteiger partial charge in [0.1, 0.15) is 11.4 Å². The summed E-state index contributed by atoms with van der Waals surface area (Å²) in [6, 6.07) is 9.20. The minimum atomic E-state index is -0.334. The van der Waals surface area contributed by atoms with Gasteiger partial charge in [0.2, 0.25) is 0 Å². The van der Waals surface area contributed by atoms with E-state index >= 15 is 0 Å². The lowest BCUT2D eigenvalue weighted by atomic mass is 9.90. The number of halogens is 1. The van der Waals surface area contributed by atoms with Crippen molar-refractivity contribution in [2.24, 2.45) is 0 Å². The number of rotatable bonds is 3. The van der Waals surface area contributed by atoms with Crippen molar-refractivity contribution in [3.8, 4) is 5.75 Å². The van der Waals surface area contributed by atoms with E-state index in [0.717, 1.165) is 37.1 Å². The molecule has 1 aliphatic heterocycles. The second-order valence-corrected chi connectivity index (χ2v) is 5.37. The fraction of sp³-hybridized carbons (Fsp3) is 0.294. The van der Waals surface area contributed by atoms with Crippen molar-refractivity contribution in [2.45, 2.75) is 18.8 Å². The summed E-state index contributed by atoms with van der Waals surface area (Å²) < 4.78 is 5.45. The molecule has 0 unspecified atom stereocenters. The smallest absolute Gasteiger partial charge is 0.360 e. The Morgan fingerprint density at radius 3 is 2.73 bits per heavy atom. The highest BCUT2D eigenvalue weighted by molar-refractivity contribution is 5.91. The number of piperidine rings is 1. The maximum absolute atomic E-state index is 12.4. The highest BCUT2D eigenvalue weighted by Crippen LogP contribution is 2.28. The largest absolute Gasteiger partial charge is 0.422 e. The molecule has 117 valence electrons. The van der Waals surface area contributed by atoms with Gasteiger partial charge in [0.15, 0.2) is 0 Å². The predicted octanol–water partition coefficient (Wildman–Crippen LogP) is 3.30. The molecule has 0 amide bonds. The Kier molecular flexibility index (Phi) is 5.63. The molecule has 2 aromatic rings. The third-order valence-corrected chi connectivity index (χ3v) is 3.87. The summed E-state index contributed by atoms with van der Waals surface area (Å²) in [4.78, 5) is 15.4. The fourth-order valence-corrected chi connectivity index (χ4v) is 2.80. The number of nitrogens with one attached hydrogen (secondary N) is 2. The number of hydrogen-bond acceptors (Lipinski definition) is 3. The molecular weight excluding hydrogens is 300 g/mol. The lowest BCUT2D eigenvalue weighted by Crippen LogP contribution is -2.27. The van der Waals surface area contributed by atoms with E-state index in [1.54, 1.807) is 12.1 Å². The van der Waals surface area contributed by atoms with Crippen molar-refractivity contribution in [1.82, 2.24) is 10.3 Å². The number of carbonyl (C=O) groups is 1. The second kappa shape index (κ2) is 7.47. The van der Waals surface area contributed by atoms with E-state index in [-0.39, 0.29) is 18.4 Å². The normalized spacial score (nSPS) is 15.1. The van der Waals surface area contributed by atoms with Gasteiger partial charge in [0.25, 0.3) is 0 Å². The van der Waals surface area contributed by atoms with Crippen LogP contribution in [0.25, 0.3) is 0 Å². The summed E-state index contributed by atoms with van der Waals surface area (Å²) in [5.41, 5.74) is 2.45. The minimum absolute atomic E-state index is 0. The van der Waals surface area contributed by atoms with E-state index in [1.807, 2.05) is 24.4 Å². The van der Waals surface area contributed by atoms with Crippen LogP contribution >= 0.6 is 12.4 Å². The second-order valence-electron chi connectivity index (χ2n) is 5.37. The van der Waals surface area contributed by atoms with Gasteiger partial charge in [-0.1, -0.05) is 12.1 Å². The van der Waals surface area contributed by atoms with E-state index in [2.05, 4.69) is 17.2 Å². The first-order chi connectivity index (χ1) is 10.2. The van der Waals surface area contributed by atoms with Crippen LogP contribution in [-0.4, -0.2) is 24.0 Å². The van der Waals surface area contributed by atoms with E-state index in [0.29, 0.717) is 17.4 Å². The van der Waals surface area contributed by atoms with Gasteiger partial charge in [-0.25, -0.2) is 4.79 Å². The van der Waals surface area contributed by atoms with Crippen LogP contribution < -0.4 is 10.1 Å². The molecule has 0 atom stereocenters. The lowest BCUT2D eigenvalue weighted by molar-refractivity contribution is 0.0727. The molecule has 1 aromatic heterocycles. The quantitative estimate of drug-likeness (QED) is 0.674. The fourth-order valence-electron chi connectivity index (χ4n) is 2.80. The van der Waals surface area contributed by atoms with Crippen LogP contribution in [0.15, 0.2) is 36.5 Å². The maximum Gasteiger partial charge on any atom is 0.360 e. The van der Waals surface area contributed by atoms with E-state index in [1.165, 1.54) is 0 Å². The van der Waals surface area contributed by atoms with Gasteiger partial charge in [-0.05, 0) is 68.1 Å². The maximum atomic E-state index is 12.4. The van der Waals surface area contributed by atoms with Crippen LogP contribution in [0, 0.1) is 6.92 Å². The Labute approximate surface area is 136 Å². The molecule has 5 heteroatoms. The molecule has 0 spiro atoms. The molecule has 1 aliphatic rings. The zero-order valence-corrected chi connectivity index (χ0v) is 13.1. The highest BCUT2D eigenvalue weighted by atomic mass is 35.5. The first-order valence-corrected chi connectivity index (χ1v) is 7.26. The van der Waals surface area contributed by atoms with Gasteiger partial charge in [0, 0.05) is 6.20 Å². The summed E-state index contributed by atoms with van der Waals surface area (Å²) in [6.45, 7) is 5.82. The molecule has 1 radical (unpaired) electrons. The Morgan fingerprint density at radius 2 is 2.00 bits per heavy atom. The van der Waals surface area contributed by atoms with Crippen molar-refractivity contribution in [1.29, 1.82) is 0 Å². The summed E-state index contributed by atoms with van der Waals surface area (Å²) in [5, 5.41) is 3.34. The van der Waals surface area contributed by atoms with Crippen LogP contribution in [-0.2, 0) is 0 Å². The summed E-state index contributed by atoms with van der Waals surface area (Å²) in [5.74, 6) is 0.608. The molecule has 2 N–H and O–H groups in total. The summed E-state index contributed by atoms with van der Waals surface area (Å²) in [7, 11) is 0. The van der Waals surface area contributed by atoms with Gasteiger partial charge in [-0.15, -0.1) is 12.4 Å². The number of H-pyrrole nitrogens is 1. The van der Waals surface area contributed by atoms with Crippen LogP contribution in [0.5, 0.6) is 5.75 Å². The lowest BCUT2D eigenvalue weighted by Gasteiger charge is -2.22. The average molecular weight is 320 g/mol. The van der Waals surface area contributed by atoms with Crippen molar-refractivity contribution < 1.29 is 9.53 Å². The Balaban J connectivity index is 0.00000176. The molecular formula is C17H20ClN2O2.